The topological polar surface area (TPSA) is 58.6 Å². The van der Waals surface area contributed by atoms with Gasteiger partial charge < -0.3 is 15.0 Å². The average Bonchev–Trinajstić information content (AvgIpc) is 3.29. The Bertz CT molecular complexity index is 1150. The van der Waals surface area contributed by atoms with Crippen molar-refractivity contribution in [3.05, 3.63) is 101 Å². The number of hydrogen-bond donors (Lipinski definition) is 1. The van der Waals surface area contributed by atoms with Crippen LogP contribution in [-0.4, -0.2) is 36.9 Å². The Labute approximate surface area is 191 Å². The molecule has 3 aromatic rings. The van der Waals surface area contributed by atoms with Crippen molar-refractivity contribution in [1.82, 2.24) is 10.2 Å². The van der Waals surface area contributed by atoms with E-state index < -0.39 is 17.6 Å². The SMILES string of the molecule is COc1cccc([C@@H]2CN(C(=O)c3ccccc3F)C[C@H]2C(=O)NCc2ccc(F)cc2)c1. The number of ether oxygens (including phenoxy) is 1. The smallest absolute Gasteiger partial charge is 0.256 e. The van der Waals surface area contributed by atoms with Crippen LogP contribution in [0.5, 0.6) is 5.75 Å². The maximum absolute atomic E-state index is 14.2. The third kappa shape index (κ3) is 5.03. The minimum absolute atomic E-state index is 0.0192. The van der Waals surface area contributed by atoms with Crippen molar-refractivity contribution in [1.29, 1.82) is 0 Å². The Hall–Kier alpha value is -3.74. The molecule has 5 nitrogen and oxygen atoms in total. The summed E-state index contributed by atoms with van der Waals surface area (Å²) in [6, 6.07) is 19.1. The highest BCUT2D eigenvalue weighted by molar-refractivity contribution is 5.95. The molecule has 0 aliphatic carbocycles. The van der Waals surface area contributed by atoms with Crippen molar-refractivity contribution in [3.63, 3.8) is 0 Å². The summed E-state index contributed by atoms with van der Waals surface area (Å²) in [4.78, 5) is 27.7. The molecule has 7 heteroatoms. The number of benzene rings is 3. The standard InChI is InChI=1S/C26H24F2N2O3/c1-33-20-6-4-5-18(13-20)22-15-30(26(32)21-7-2-3-8-24(21)28)16-23(22)25(31)29-14-17-9-11-19(27)12-10-17/h2-13,22-23H,14-16H2,1H3,(H,29,31)/t22-,23+/m0/s1. The molecule has 1 aliphatic heterocycles. The summed E-state index contributed by atoms with van der Waals surface area (Å²) in [5.41, 5.74) is 1.61. The Balaban J connectivity index is 1.57. The van der Waals surface area contributed by atoms with Crippen molar-refractivity contribution >= 4 is 11.8 Å². The first-order chi connectivity index (χ1) is 16.0. The summed E-state index contributed by atoms with van der Waals surface area (Å²) in [6.07, 6.45) is 0. The molecule has 0 spiro atoms. The summed E-state index contributed by atoms with van der Waals surface area (Å²) in [6.45, 7) is 0.668. The Kier molecular flexibility index (Phi) is 6.68. The van der Waals surface area contributed by atoms with Crippen molar-refractivity contribution in [2.24, 2.45) is 5.92 Å². The highest BCUT2D eigenvalue weighted by atomic mass is 19.1. The van der Waals surface area contributed by atoms with Gasteiger partial charge in [0.05, 0.1) is 18.6 Å². The minimum atomic E-state index is -0.593. The fourth-order valence-corrected chi connectivity index (χ4v) is 4.17. The number of halogens is 2. The Morgan fingerprint density at radius 3 is 2.48 bits per heavy atom. The van der Waals surface area contributed by atoms with Gasteiger partial charge in [-0.15, -0.1) is 0 Å². The van der Waals surface area contributed by atoms with Gasteiger partial charge in [0.1, 0.15) is 17.4 Å². The highest BCUT2D eigenvalue weighted by Crippen LogP contribution is 2.35. The fraction of sp³-hybridized carbons (Fsp3) is 0.231. The van der Waals surface area contributed by atoms with Gasteiger partial charge in [-0.3, -0.25) is 9.59 Å². The van der Waals surface area contributed by atoms with Crippen molar-refractivity contribution in [3.8, 4) is 5.75 Å². The highest BCUT2D eigenvalue weighted by Gasteiger charge is 2.41. The van der Waals surface area contributed by atoms with Crippen LogP contribution < -0.4 is 10.1 Å². The number of nitrogens with one attached hydrogen (secondary N) is 1. The zero-order chi connectivity index (χ0) is 23.4. The van der Waals surface area contributed by atoms with E-state index in [9.17, 15) is 18.4 Å². The molecule has 2 amide bonds. The van der Waals surface area contributed by atoms with Crippen LogP contribution in [0.2, 0.25) is 0 Å². The zero-order valence-electron chi connectivity index (χ0n) is 18.1. The molecule has 1 heterocycles. The molecule has 0 bridgehead atoms. The third-order valence-electron chi connectivity index (χ3n) is 5.95. The molecule has 4 rings (SSSR count). The van der Waals surface area contributed by atoms with E-state index in [-0.39, 0.29) is 42.8 Å². The number of carbonyl (C=O) groups is 2. The molecule has 0 unspecified atom stereocenters. The normalized spacial score (nSPS) is 17.6. The number of amides is 2. The second kappa shape index (κ2) is 9.81. The molecular formula is C26H24F2N2O3. The summed E-state index contributed by atoms with van der Waals surface area (Å²) in [5.74, 6) is -1.79. The Morgan fingerprint density at radius 1 is 1.00 bits per heavy atom. The molecule has 1 saturated heterocycles. The van der Waals surface area contributed by atoms with Gasteiger partial charge in [-0.05, 0) is 47.5 Å². The van der Waals surface area contributed by atoms with E-state index in [1.807, 2.05) is 24.3 Å². The lowest BCUT2D eigenvalue weighted by Gasteiger charge is -2.18. The summed E-state index contributed by atoms with van der Waals surface area (Å²) in [7, 11) is 1.56. The lowest BCUT2D eigenvalue weighted by molar-refractivity contribution is -0.125. The van der Waals surface area contributed by atoms with E-state index in [0.717, 1.165) is 11.1 Å². The molecule has 3 aromatic carbocycles. The molecule has 0 aromatic heterocycles. The van der Waals surface area contributed by atoms with Gasteiger partial charge in [0.25, 0.3) is 5.91 Å². The lowest BCUT2D eigenvalue weighted by atomic mass is 9.88. The predicted octanol–water partition coefficient (Wildman–Crippen LogP) is 4.15. The van der Waals surface area contributed by atoms with Crippen LogP contribution in [-0.2, 0) is 11.3 Å². The lowest BCUT2D eigenvalue weighted by Crippen LogP contribution is -2.35. The monoisotopic (exact) mass is 450 g/mol. The van der Waals surface area contributed by atoms with Gasteiger partial charge >= 0.3 is 0 Å². The summed E-state index contributed by atoms with van der Waals surface area (Å²) in [5, 5.41) is 2.89. The van der Waals surface area contributed by atoms with Crippen LogP contribution >= 0.6 is 0 Å². The van der Waals surface area contributed by atoms with Gasteiger partial charge in [0.2, 0.25) is 5.91 Å². The van der Waals surface area contributed by atoms with Gasteiger partial charge in [0, 0.05) is 25.6 Å². The van der Waals surface area contributed by atoms with E-state index in [1.165, 1.54) is 35.2 Å². The number of hydrogen-bond acceptors (Lipinski definition) is 3. The quantitative estimate of drug-likeness (QED) is 0.614. The number of rotatable bonds is 6. The molecule has 2 atom stereocenters. The molecule has 1 N–H and O–H groups in total. The van der Waals surface area contributed by atoms with Crippen molar-refractivity contribution in [2.75, 3.05) is 20.2 Å². The maximum atomic E-state index is 14.2. The van der Waals surface area contributed by atoms with E-state index in [1.54, 1.807) is 25.3 Å². The van der Waals surface area contributed by atoms with Gasteiger partial charge in [-0.2, -0.15) is 0 Å². The van der Waals surface area contributed by atoms with Crippen LogP contribution in [0.4, 0.5) is 8.78 Å². The molecular weight excluding hydrogens is 426 g/mol. The van der Waals surface area contributed by atoms with E-state index in [2.05, 4.69) is 5.32 Å². The fourth-order valence-electron chi connectivity index (χ4n) is 4.17. The van der Waals surface area contributed by atoms with Crippen LogP contribution in [0, 0.1) is 17.6 Å². The van der Waals surface area contributed by atoms with Crippen molar-refractivity contribution in [2.45, 2.75) is 12.5 Å². The van der Waals surface area contributed by atoms with Crippen molar-refractivity contribution < 1.29 is 23.1 Å². The molecule has 170 valence electrons. The second-order valence-electron chi connectivity index (χ2n) is 8.02. The first-order valence-electron chi connectivity index (χ1n) is 10.7. The molecule has 0 saturated carbocycles. The zero-order valence-corrected chi connectivity index (χ0v) is 18.1. The number of nitrogens with zero attached hydrogens (tertiary/aromatic N) is 1. The molecule has 0 radical (unpaired) electrons. The van der Waals surface area contributed by atoms with E-state index >= 15 is 0 Å². The second-order valence-corrected chi connectivity index (χ2v) is 8.02. The maximum Gasteiger partial charge on any atom is 0.256 e. The Morgan fingerprint density at radius 2 is 1.76 bits per heavy atom. The van der Waals surface area contributed by atoms with E-state index in [4.69, 9.17) is 4.74 Å². The number of likely N-dealkylation sites (tertiary alicyclic amines) is 1. The average molecular weight is 450 g/mol. The number of carbonyl (C=O) groups excluding carboxylic acids is 2. The van der Waals surface area contributed by atoms with Crippen LogP contribution in [0.1, 0.15) is 27.4 Å². The molecule has 33 heavy (non-hydrogen) atoms. The predicted molar refractivity (Wildman–Crippen MR) is 120 cm³/mol. The van der Waals surface area contributed by atoms with Gasteiger partial charge in [0.15, 0.2) is 0 Å². The number of methoxy groups -OCH3 is 1. The summed E-state index contributed by atoms with van der Waals surface area (Å²) < 4.78 is 32.7. The third-order valence-corrected chi connectivity index (χ3v) is 5.95. The first-order valence-corrected chi connectivity index (χ1v) is 10.7. The minimum Gasteiger partial charge on any atom is -0.497 e. The first kappa shape index (κ1) is 22.5. The van der Waals surface area contributed by atoms with E-state index in [0.29, 0.717) is 5.75 Å². The largest absolute Gasteiger partial charge is 0.497 e. The van der Waals surface area contributed by atoms with Gasteiger partial charge in [-0.25, -0.2) is 8.78 Å². The molecule has 1 fully saturated rings. The molecule has 1 aliphatic rings. The van der Waals surface area contributed by atoms with Gasteiger partial charge in [-0.1, -0.05) is 36.4 Å². The van der Waals surface area contributed by atoms with Crippen LogP contribution in [0.25, 0.3) is 0 Å². The van der Waals surface area contributed by atoms with Crippen LogP contribution in [0.3, 0.4) is 0 Å². The summed E-state index contributed by atoms with van der Waals surface area (Å²) >= 11 is 0. The van der Waals surface area contributed by atoms with Crippen LogP contribution in [0.15, 0.2) is 72.8 Å².